The molecule has 1 aliphatic rings. The number of aliphatic hydroxyl groups excluding tert-OH is 1. The summed E-state index contributed by atoms with van der Waals surface area (Å²) in [5.41, 5.74) is 0. The molecule has 1 heterocycles. The van der Waals surface area contributed by atoms with Crippen molar-refractivity contribution < 1.29 is 13.5 Å². The monoisotopic (exact) mass is 183 g/mol. The predicted octanol–water partition coefficient (Wildman–Crippen LogP) is -2.16. The van der Waals surface area contributed by atoms with E-state index in [0.717, 1.165) is 19.4 Å². The second-order valence-corrected chi connectivity index (χ2v) is 3.38. The zero-order valence-electron chi connectivity index (χ0n) is 6.03. The van der Waals surface area contributed by atoms with Gasteiger partial charge in [0.2, 0.25) is 0 Å². The van der Waals surface area contributed by atoms with Crippen LogP contribution in [0.1, 0.15) is 12.8 Å². The summed E-state index contributed by atoms with van der Waals surface area (Å²) in [7, 11) is -3.67. The lowest BCUT2D eigenvalue weighted by molar-refractivity contribution is 0.160. The van der Waals surface area contributed by atoms with E-state index in [9.17, 15) is 8.42 Å². The molecule has 0 aromatic carbocycles. The van der Waals surface area contributed by atoms with Crippen LogP contribution in [0.4, 0.5) is 0 Å². The van der Waals surface area contributed by atoms with Gasteiger partial charge in [0.1, 0.15) is 6.23 Å². The van der Waals surface area contributed by atoms with E-state index in [1.807, 2.05) is 0 Å². The summed E-state index contributed by atoms with van der Waals surface area (Å²) in [5.74, 6) is 0. The Kier molecular flexibility index (Phi) is 4.54. The van der Waals surface area contributed by atoms with Gasteiger partial charge in [0.25, 0.3) is 10.2 Å². The van der Waals surface area contributed by atoms with E-state index in [0.29, 0.717) is 0 Å². The van der Waals surface area contributed by atoms with Gasteiger partial charge in [-0.2, -0.15) is 8.42 Å². The summed E-state index contributed by atoms with van der Waals surface area (Å²) in [6.07, 6.45) is 1.85. The van der Waals surface area contributed by atoms with Gasteiger partial charge in [0, 0.05) is 0 Å². The number of nitrogens with two attached hydrogens (primary N) is 2. The molecule has 1 fully saturated rings. The molecule has 1 saturated heterocycles. The first-order valence-electron chi connectivity index (χ1n) is 3.11. The summed E-state index contributed by atoms with van der Waals surface area (Å²) >= 11 is 0. The molecule has 0 bridgehead atoms. The van der Waals surface area contributed by atoms with Crippen molar-refractivity contribution in [3.63, 3.8) is 0 Å². The predicted molar refractivity (Wildman–Crippen MR) is 40.5 cm³/mol. The van der Waals surface area contributed by atoms with E-state index in [4.69, 9.17) is 5.11 Å². The topological polar surface area (TPSA) is 118 Å². The Bertz CT molecular complexity index is 177. The fourth-order valence-electron chi connectivity index (χ4n) is 0.666. The maximum Gasteiger partial charge on any atom is 0.271 e. The lowest BCUT2D eigenvalue weighted by atomic mass is 10.4. The van der Waals surface area contributed by atoms with Crippen molar-refractivity contribution in [2.45, 2.75) is 19.1 Å². The molecule has 0 amide bonds. The van der Waals surface area contributed by atoms with E-state index in [2.05, 4.69) is 15.6 Å². The second-order valence-electron chi connectivity index (χ2n) is 2.20. The van der Waals surface area contributed by atoms with Crippen LogP contribution in [0.5, 0.6) is 0 Å². The summed E-state index contributed by atoms with van der Waals surface area (Å²) in [6, 6.07) is 0. The molecule has 7 heteroatoms. The summed E-state index contributed by atoms with van der Waals surface area (Å²) in [5, 5.41) is 19.7. The normalized spacial score (nSPS) is 24.1. The zero-order valence-corrected chi connectivity index (χ0v) is 6.84. The molecule has 0 spiro atoms. The van der Waals surface area contributed by atoms with Crippen molar-refractivity contribution in [1.29, 1.82) is 0 Å². The minimum atomic E-state index is -3.67. The molecule has 0 aliphatic carbocycles. The molecule has 0 saturated carbocycles. The molecular formula is C4H13N3O3S. The van der Waals surface area contributed by atoms with Gasteiger partial charge in [0.05, 0.1) is 0 Å². The maximum absolute atomic E-state index is 9.19. The van der Waals surface area contributed by atoms with E-state index in [-0.39, 0.29) is 6.23 Å². The van der Waals surface area contributed by atoms with Gasteiger partial charge in [-0.25, -0.2) is 10.3 Å². The molecule has 0 radical (unpaired) electrons. The third kappa shape index (κ3) is 12.9. The second kappa shape index (κ2) is 4.62. The van der Waals surface area contributed by atoms with E-state index >= 15 is 0 Å². The van der Waals surface area contributed by atoms with E-state index in [1.165, 1.54) is 0 Å². The largest absolute Gasteiger partial charge is 0.379 e. The Balaban J connectivity index is 0.000000187. The first-order valence-corrected chi connectivity index (χ1v) is 4.72. The Morgan fingerprint density at radius 2 is 1.91 bits per heavy atom. The minimum absolute atomic E-state index is 0.204. The van der Waals surface area contributed by atoms with Crippen molar-refractivity contribution in [2.75, 3.05) is 6.54 Å². The highest BCUT2D eigenvalue weighted by atomic mass is 32.2. The van der Waals surface area contributed by atoms with Crippen LogP contribution in [-0.4, -0.2) is 26.3 Å². The average molecular weight is 183 g/mol. The van der Waals surface area contributed by atoms with Crippen molar-refractivity contribution in [3.8, 4) is 0 Å². The van der Waals surface area contributed by atoms with Gasteiger partial charge in [-0.1, -0.05) is 0 Å². The highest BCUT2D eigenvalue weighted by Crippen LogP contribution is 1.98. The third-order valence-electron chi connectivity index (χ3n) is 1.03. The van der Waals surface area contributed by atoms with E-state index in [1.54, 1.807) is 0 Å². The summed E-state index contributed by atoms with van der Waals surface area (Å²) < 4.78 is 18.4. The van der Waals surface area contributed by atoms with Crippen molar-refractivity contribution >= 4 is 10.2 Å². The van der Waals surface area contributed by atoms with Crippen LogP contribution in [0.15, 0.2) is 0 Å². The first kappa shape index (κ1) is 10.8. The van der Waals surface area contributed by atoms with Crippen LogP contribution in [-0.2, 0) is 10.2 Å². The van der Waals surface area contributed by atoms with Gasteiger partial charge in [-0.05, 0) is 19.4 Å². The molecule has 0 aromatic heterocycles. The van der Waals surface area contributed by atoms with Crippen LogP contribution in [0.3, 0.4) is 0 Å². The van der Waals surface area contributed by atoms with Crippen molar-refractivity contribution in [3.05, 3.63) is 0 Å². The molecule has 68 valence electrons. The highest BCUT2D eigenvalue weighted by molar-refractivity contribution is 7.86. The number of hydrogen-bond acceptors (Lipinski definition) is 4. The Morgan fingerprint density at radius 3 is 2.00 bits per heavy atom. The molecule has 0 aromatic rings. The zero-order chi connectivity index (χ0) is 8.91. The Morgan fingerprint density at radius 1 is 1.45 bits per heavy atom. The number of hydrogen-bond donors (Lipinski definition) is 4. The maximum atomic E-state index is 9.19. The number of aliphatic hydroxyl groups is 1. The van der Waals surface area contributed by atoms with Gasteiger partial charge in [0.15, 0.2) is 0 Å². The van der Waals surface area contributed by atoms with Crippen molar-refractivity contribution in [2.24, 2.45) is 10.3 Å². The van der Waals surface area contributed by atoms with Crippen LogP contribution < -0.4 is 15.6 Å². The lowest BCUT2D eigenvalue weighted by Crippen LogP contribution is -2.21. The summed E-state index contributed by atoms with van der Waals surface area (Å²) in [4.78, 5) is 0. The quantitative estimate of drug-likeness (QED) is 0.342. The standard InChI is InChI=1S/C4H9NO.H4N2O2S/c6-4-2-1-3-5-4;1-5(2,3)4/h4-6H,1-3H2;(H4,1,2,3,4). The van der Waals surface area contributed by atoms with Crippen LogP contribution in [0, 0.1) is 0 Å². The molecule has 1 rings (SSSR count). The smallest absolute Gasteiger partial charge is 0.271 e. The molecule has 1 aliphatic heterocycles. The fourth-order valence-corrected chi connectivity index (χ4v) is 0.666. The highest BCUT2D eigenvalue weighted by Gasteiger charge is 2.07. The van der Waals surface area contributed by atoms with Crippen LogP contribution in [0.2, 0.25) is 0 Å². The third-order valence-corrected chi connectivity index (χ3v) is 1.03. The van der Waals surface area contributed by atoms with Crippen LogP contribution in [0.25, 0.3) is 0 Å². The van der Waals surface area contributed by atoms with Gasteiger partial charge in [-0.15, -0.1) is 0 Å². The van der Waals surface area contributed by atoms with Crippen LogP contribution >= 0.6 is 0 Å². The summed E-state index contributed by atoms with van der Waals surface area (Å²) in [6.45, 7) is 0.987. The SMILES string of the molecule is NS(N)(=O)=O.OC1CCCN1. The van der Waals surface area contributed by atoms with Gasteiger partial charge >= 0.3 is 0 Å². The molecule has 6 N–H and O–H groups in total. The molecule has 6 nitrogen and oxygen atoms in total. The Hall–Kier alpha value is -0.210. The van der Waals surface area contributed by atoms with Gasteiger partial charge < -0.3 is 5.11 Å². The van der Waals surface area contributed by atoms with Crippen molar-refractivity contribution in [1.82, 2.24) is 5.32 Å². The van der Waals surface area contributed by atoms with Gasteiger partial charge in [-0.3, -0.25) is 5.32 Å². The average Bonchev–Trinajstić information content (AvgIpc) is 2.12. The Labute approximate surface area is 65.8 Å². The number of rotatable bonds is 0. The molecule has 1 atom stereocenters. The molecule has 11 heavy (non-hydrogen) atoms. The number of nitrogens with one attached hydrogen (secondary N) is 1. The minimum Gasteiger partial charge on any atom is -0.379 e. The molecular weight excluding hydrogens is 170 g/mol. The van der Waals surface area contributed by atoms with E-state index < -0.39 is 10.2 Å². The fraction of sp³-hybridized carbons (Fsp3) is 1.00. The first-order chi connectivity index (χ1) is 4.89. The molecule has 1 unspecified atom stereocenters. The lowest BCUT2D eigenvalue weighted by Gasteiger charge is -1.94.